The second-order valence-corrected chi connectivity index (χ2v) is 7.20. The smallest absolute Gasteiger partial charge is 0.0449 e. The highest BCUT2D eigenvalue weighted by atomic mass is 15.2. The van der Waals surface area contributed by atoms with Gasteiger partial charge in [0.25, 0.3) is 0 Å². The van der Waals surface area contributed by atoms with E-state index in [0.717, 1.165) is 24.9 Å². The van der Waals surface area contributed by atoms with Crippen molar-refractivity contribution in [2.75, 3.05) is 19.6 Å². The average molecular weight is 286 g/mol. The van der Waals surface area contributed by atoms with Crippen LogP contribution in [-0.4, -0.2) is 30.6 Å². The van der Waals surface area contributed by atoms with E-state index in [-0.39, 0.29) is 0 Å². The Hall–Kier alpha value is -0.860. The summed E-state index contributed by atoms with van der Waals surface area (Å²) in [7, 11) is 0. The molecule has 2 aliphatic rings. The molecule has 1 N–H and O–H groups in total. The lowest BCUT2D eigenvalue weighted by Crippen LogP contribution is -2.53. The fraction of sp³-hybridized carbons (Fsp3) is 0.684. The minimum absolute atomic E-state index is 0.501. The third-order valence-corrected chi connectivity index (χ3v) is 5.66. The van der Waals surface area contributed by atoms with E-state index in [4.69, 9.17) is 0 Å². The van der Waals surface area contributed by atoms with Crippen molar-refractivity contribution in [1.29, 1.82) is 0 Å². The molecule has 4 atom stereocenters. The van der Waals surface area contributed by atoms with Gasteiger partial charge in [0, 0.05) is 31.7 Å². The first-order chi connectivity index (χ1) is 10.2. The Balaban J connectivity index is 1.63. The molecule has 0 bridgehead atoms. The van der Waals surface area contributed by atoms with E-state index in [1.54, 1.807) is 0 Å². The molecule has 1 aromatic carbocycles. The van der Waals surface area contributed by atoms with Crippen LogP contribution in [0.25, 0.3) is 0 Å². The van der Waals surface area contributed by atoms with Crippen molar-refractivity contribution in [3.05, 3.63) is 35.9 Å². The number of benzene rings is 1. The molecule has 0 radical (unpaired) electrons. The first-order valence-electron chi connectivity index (χ1n) is 8.76. The van der Waals surface area contributed by atoms with Crippen LogP contribution < -0.4 is 5.32 Å². The van der Waals surface area contributed by atoms with Crippen LogP contribution in [0, 0.1) is 11.8 Å². The molecule has 1 aliphatic carbocycles. The molecule has 1 aliphatic heterocycles. The SMILES string of the molecule is CC1CCCCC1CN1CC(c2ccccc2)NCC1C. The first kappa shape index (κ1) is 15.1. The molecular formula is C19H30N2. The highest BCUT2D eigenvalue weighted by Crippen LogP contribution is 2.31. The maximum absolute atomic E-state index is 3.72. The van der Waals surface area contributed by atoms with E-state index in [1.807, 2.05) is 0 Å². The van der Waals surface area contributed by atoms with Gasteiger partial charge in [0.1, 0.15) is 0 Å². The van der Waals surface area contributed by atoms with E-state index in [9.17, 15) is 0 Å². The molecule has 2 nitrogen and oxygen atoms in total. The molecule has 0 spiro atoms. The molecule has 21 heavy (non-hydrogen) atoms. The molecule has 0 amide bonds. The van der Waals surface area contributed by atoms with E-state index < -0.39 is 0 Å². The predicted molar refractivity (Wildman–Crippen MR) is 89.3 cm³/mol. The van der Waals surface area contributed by atoms with Gasteiger partial charge in [0.05, 0.1) is 0 Å². The predicted octanol–water partition coefficient (Wildman–Crippen LogP) is 3.85. The van der Waals surface area contributed by atoms with Crippen molar-refractivity contribution in [3.63, 3.8) is 0 Å². The summed E-state index contributed by atoms with van der Waals surface area (Å²) < 4.78 is 0. The number of rotatable bonds is 3. The standard InChI is InChI=1S/C19H30N2/c1-15-8-6-7-11-18(15)13-21-14-19(20-12-16(21)2)17-9-4-3-5-10-17/h3-5,9-10,15-16,18-20H,6-8,11-14H2,1-2H3. The van der Waals surface area contributed by atoms with Crippen molar-refractivity contribution in [2.45, 2.75) is 51.6 Å². The summed E-state index contributed by atoms with van der Waals surface area (Å²) in [5, 5.41) is 3.72. The van der Waals surface area contributed by atoms with Crippen LogP contribution in [0.4, 0.5) is 0 Å². The molecule has 1 aromatic rings. The Bertz CT molecular complexity index is 430. The molecule has 3 rings (SSSR count). The average Bonchev–Trinajstić information content (AvgIpc) is 2.52. The Morgan fingerprint density at radius 3 is 2.62 bits per heavy atom. The quantitative estimate of drug-likeness (QED) is 0.908. The summed E-state index contributed by atoms with van der Waals surface area (Å²) in [6.07, 6.45) is 5.76. The van der Waals surface area contributed by atoms with Gasteiger partial charge in [-0.1, -0.05) is 56.5 Å². The zero-order valence-corrected chi connectivity index (χ0v) is 13.6. The summed E-state index contributed by atoms with van der Waals surface area (Å²) in [4.78, 5) is 2.74. The van der Waals surface area contributed by atoms with Gasteiger partial charge in [-0.25, -0.2) is 0 Å². The van der Waals surface area contributed by atoms with Gasteiger partial charge in [-0.2, -0.15) is 0 Å². The normalized spacial score (nSPS) is 34.8. The largest absolute Gasteiger partial charge is 0.307 e. The molecule has 1 saturated heterocycles. The van der Waals surface area contributed by atoms with Crippen molar-refractivity contribution >= 4 is 0 Å². The van der Waals surface area contributed by atoms with E-state index in [1.165, 1.54) is 37.8 Å². The van der Waals surface area contributed by atoms with E-state index >= 15 is 0 Å². The third kappa shape index (κ3) is 3.67. The first-order valence-corrected chi connectivity index (χ1v) is 8.76. The van der Waals surface area contributed by atoms with E-state index in [2.05, 4.69) is 54.4 Å². The lowest BCUT2D eigenvalue weighted by atomic mass is 9.80. The molecule has 1 saturated carbocycles. The Morgan fingerprint density at radius 1 is 1.10 bits per heavy atom. The fourth-order valence-corrected chi connectivity index (χ4v) is 4.05. The van der Waals surface area contributed by atoms with Crippen molar-refractivity contribution in [2.24, 2.45) is 11.8 Å². The Kier molecular flexibility index (Phi) is 4.97. The van der Waals surface area contributed by atoms with Crippen molar-refractivity contribution < 1.29 is 0 Å². The molecule has 2 fully saturated rings. The summed E-state index contributed by atoms with van der Waals surface area (Å²) in [6, 6.07) is 12.1. The highest BCUT2D eigenvalue weighted by molar-refractivity contribution is 5.20. The van der Waals surface area contributed by atoms with E-state index in [0.29, 0.717) is 12.1 Å². The van der Waals surface area contributed by atoms with Crippen LogP contribution in [0.3, 0.4) is 0 Å². The topological polar surface area (TPSA) is 15.3 Å². The van der Waals surface area contributed by atoms with Crippen LogP contribution in [0.2, 0.25) is 0 Å². The minimum atomic E-state index is 0.501. The number of hydrogen-bond acceptors (Lipinski definition) is 2. The molecule has 0 aromatic heterocycles. The minimum Gasteiger partial charge on any atom is -0.307 e. The molecule has 4 unspecified atom stereocenters. The Morgan fingerprint density at radius 2 is 1.86 bits per heavy atom. The second-order valence-electron chi connectivity index (χ2n) is 7.20. The number of nitrogens with one attached hydrogen (secondary N) is 1. The molecule has 116 valence electrons. The number of piperazine rings is 1. The van der Waals surface area contributed by atoms with Crippen LogP contribution in [0.1, 0.15) is 51.1 Å². The van der Waals surface area contributed by atoms with Gasteiger partial charge in [0.2, 0.25) is 0 Å². The lowest BCUT2D eigenvalue weighted by molar-refractivity contribution is 0.0907. The summed E-state index contributed by atoms with van der Waals surface area (Å²) in [5.74, 6) is 1.83. The third-order valence-electron chi connectivity index (χ3n) is 5.66. The monoisotopic (exact) mass is 286 g/mol. The maximum atomic E-state index is 3.72. The van der Waals surface area contributed by atoms with Crippen molar-refractivity contribution in [1.82, 2.24) is 10.2 Å². The zero-order chi connectivity index (χ0) is 14.7. The van der Waals surface area contributed by atoms with Gasteiger partial charge in [0.15, 0.2) is 0 Å². The van der Waals surface area contributed by atoms with Crippen LogP contribution in [-0.2, 0) is 0 Å². The fourth-order valence-electron chi connectivity index (χ4n) is 4.05. The summed E-state index contributed by atoms with van der Waals surface area (Å²) >= 11 is 0. The lowest BCUT2D eigenvalue weighted by Gasteiger charge is -2.42. The number of nitrogens with zero attached hydrogens (tertiary/aromatic N) is 1. The molecule has 1 heterocycles. The van der Waals surface area contributed by atoms with Gasteiger partial charge in [-0.05, 0) is 30.7 Å². The summed E-state index contributed by atoms with van der Waals surface area (Å²) in [6.45, 7) is 8.41. The second kappa shape index (κ2) is 6.93. The van der Waals surface area contributed by atoms with Crippen LogP contribution in [0.5, 0.6) is 0 Å². The molecule has 2 heteroatoms. The van der Waals surface area contributed by atoms with Crippen molar-refractivity contribution in [3.8, 4) is 0 Å². The maximum Gasteiger partial charge on any atom is 0.0449 e. The highest BCUT2D eigenvalue weighted by Gasteiger charge is 2.30. The molecular weight excluding hydrogens is 256 g/mol. The van der Waals surface area contributed by atoms with Gasteiger partial charge in [-0.15, -0.1) is 0 Å². The summed E-state index contributed by atoms with van der Waals surface area (Å²) in [5.41, 5.74) is 1.44. The van der Waals surface area contributed by atoms with Gasteiger partial charge < -0.3 is 5.32 Å². The number of hydrogen-bond donors (Lipinski definition) is 1. The Labute approximate surface area is 129 Å². The van der Waals surface area contributed by atoms with Crippen LogP contribution >= 0.6 is 0 Å². The van der Waals surface area contributed by atoms with Gasteiger partial charge in [-0.3, -0.25) is 4.90 Å². The van der Waals surface area contributed by atoms with Crippen LogP contribution in [0.15, 0.2) is 30.3 Å². The zero-order valence-electron chi connectivity index (χ0n) is 13.6. The van der Waals surface area contributed by atoms with Gasteiger partial charge >= 0.3 is 0 Å².